The standard InChI is InChI=1S/C18H16ClN3O3S/c1-10(25-18(24)11-6-7-21-15(19)8-11)16(23)22-17-13(9-20)12-4-2-3-5-14(12)26-17/h6-8,10H,2-5H2,1H3,(H,22,23). The van der Waals surface area contributed by atoms with Gasteiger partial charge in [-0.25, -0.2) is 9.78 Å². The molecule has 0 spiro atoms. The third-order valence-electron chi connectivity index (χ3n) is 4.14. The highest BCUT2D eigenvalue weighted by Gasteiger charge is 2.25. The van der Waals surface area contributed by atoms with E-state index in [4.69, 9.17) is 16.3 Å². The zero-order valence-electron chi connectivity index (χ0n) is 14.0. The average Bonchev–Trinajstić information content (AvgIpc) is 2.98. The molecule has 1 aliphatic rings. The van der Waals surface area contributed by atoms with Crippen LogP contribution in [0.15, 0.2) is 18.3 Å². The van der Waals surface area contributed by atoms with E-state index in [1.165, 1.54) is 36.6 Å². The highest BCUT2D eigenvalue weighted by molar-refractivity contribution is 7.16. The van der Waals surface area contributed by atoms with Crippen LogP contribution in [0.2, 0.25) is 5.15 Å². The monoisotopic (exact) mass is 389 g/mol. The topological polar surface area (TPSA) is 92.1 Å². The van der Waals surface area contributed by atoms with Gasteiger partial charge in [-0.3, -0.25) is 4.79 Å². The predicted octanol–water partition coefficient (Wildman–Crippen LogP) is 3.73. The second kappa shape index (κ2) is 7.85. The molecule has 0 aliphatic heterocycles. The van der Waals surface area contributed by atoms with E-state index in [0.717, 1.165) is 36.1 Å². The molecule has 2 aromatic heterocycles. The van der Waals surface area contributed by atoms with Gasteiger partial charge in [-0.05, 0) is 50.3 Å². The Kier molecular flexibility index (Phi) is 5.55. The molecule has 0 fully saturated rings. The quantitative estimate of drug-likeness (QED) is 0.635. The minimum Gasteiger partial charge on any atom is -0.449 e. The van der Waals surface area contributed by atoms with Crippen LogP contribution in [0, 0.1) is 11.3 Å². The fourth-order valence-corrected chi connectivity index (χ4v) is 4.21. The van der Waals surface area contributed by atoms with Crippen LogP contribution in [-0.4, -0.2) is 23.0 Å². The third kappa shape index (κ3) is 3.87. The molecule has 0 bridgehead atoms. The molecule has 134 valence electrons. The van der Waals surface area contributed by atoms with Crippen LogP contribution in [0.25, 0.3) is 0 Å². The van der Waals surface area contributed by atoms with E-state index in [9.17, 15) is 14.9 Å². The minimum absolute atomic E-state index is 0.166. The summed E-state index contributed by atoms with van der Waals surface area (Å²) in [7, 11) is 0. The molecule has 0 aromatic carbocycles. The van der Waals surface area contributed by atoms with Gasteiger partial charge in [-0.1, -0.05) is 11.6 Å². The van der Waals surface area contributed by atoms with E-state index in [2.05, 4.69) is 16.4 Å². The number of fused-ring (bicyclic) bond motifs is 1. The fraction of sp³-hybridized carbons (Fsp3) is 0.333. The zero-order valence-corrected chi connectivity index (χ0v) is 15.6. The number of carbonyl (C=O) groups is 2. The Labute approximate surface area is 159 Å². The van der Waals surface area contributed by atoms with Gasteiger partial charge >= 0.3 is 5.97 Å². The Balaban J connectivity index is 1.69. The van der Waals surface area contributed by atoms with Gasteiger partial charge in [0.15, 0.2) is 6.10 Å². The summed E-state index contributed by atoms with van der Waals surface area (Å²) >= 11 is 7.18. The summed E-state index contributed by atoms with van der Waals surface area (Å²) in [5.41, 5.74) is 1.78. The molecule has 1 aliphatic carbocycles. The van der Waals surface area contributed by atoms with Gasteiger partial charge in [0.25, 0.3) is 5.91 Å². The maximum atomic E-state index is 12.4. The van der Waals surface area contributed by atoms with E-state index in [-0.39, 0.29) is 10.7 Å². The summed E-state index contributed by atoms with van der Waals surface area (Å²) in [6, 6.07) is 5.02. The molecule has 1 atom stereocenters. The molecule has 3 rings (SSSR count). The Bertz CT molecular complexity index is 904. The molecule has 0 saturated heterocycles. The number of hydrogen-bond acceptors (Lipinski definition) is 6. The van der Waals surface area contributed by atoms with Crippen molar-refractivity contribution in [3.05, 3.63) is 45.1 Å². The van der Waals surface area contributed by atoms with Crippen molar-refractivity contribution >= 4 is 39.8 Å². The molecule has 26 heavy (non-hydrogen) atoms. The highest BCUT2D eigenvalue weighted by atomic mass is 35.5. The molecule has 1 amide bonds. The summed E-state index contributed by atoms with van der Waals surface area (Å²) in [5.74, 6) is -1.14. The van der Waals surface area contributed by atoms with Crippen LogP contribution in [0.5, 0.6) is 0 Å². The SMILES string of the molecule is CC(OC(=O)c1ccnc(Cl)c1)C(=O)Nc1sc2c(c1C#N)CCCC2. The highest BCUT2D eigenvalue weighted by Crippen LogP contribution is 2.37. The number of hydrogen-bond donors (Lipinski definition) is 1. The number of esters is 1. The van der Waals surface area contributed by atoms with Crippen molar-refractivity contribution in [2.45, 2.75) is 38.7 Å². The largest absolute Gasteiger partial charge is 0.449 e. The molecule has 1 N–H and O–H groups in total. The fourth-order valence-electron chi connectivity index (χ4n) is 2.80. The minimum atomic E-state index is -1.01. The molecular weight excluding hydrogens is 374 g/mol. The third-order valence-corrected chi connectivity index (χ3v) is 5.55. The average molecular weight is 390 g/mol. The number of nitriles is 1. The van der Waals surface area contributed by atoms with E-state index in [1.807, 2.05) is 0 Å². The number of thiophene rings is 1. The summed E-state index contributed by atoms with van der Waals surface area (Å²) in [6.07, 6.45) is 4.30. The van der Waals surface area contributed by atoms with E-state index in [0.29, 0.717) is 10.6 Å². The Morgan fingerprint density at radius 1 is 1.42 bits per heavy atom. The number of rotatable bonds is 4. The second-order valence-electron chi connectivity index (χ2n) is 5.93. The lowest BCUT2D eigenvalue weighted by Crippen LogP contribution is -2.30. The van der Waals surface area contributed by atoms with Gasteiger partial charge in [0, 0.05) is 11.1 Å². The number of pyridine rings is 1. The normalized spacial score (nSPS) is 14.0. The van der Waals surface area contributed by atoms with Crippen LogP contribution in [-0.2, 0) is 22.4 Å². The van der Waals surface area contributed by atoms with Crippen LogP contribution in [0.1, 0.15) is 46.1 Å². The van der Waals surface area contributed by atoms with Crippen LogP contribution in [0.4, 0.5) is 5.00 Å². The maximum Gasteiger partial charge on any atom is 0.339 e. The van der Waals surface area contributed by atoms with Crippen molar-refractivity contribution in [2.24, 2.45) is 0 Å². The number of aryl methyl sites for hydroxylation is 1. The number of anilines is 1. The van der Waals surface area contributed by atoms with Gasteiger partial charge in [0.2, 0.25) is 0 Å². The molecule has 2 aromatic rings. The van der Waals surface area contributed by atoms with E-state index in [1.54, 1.807) is 0 Å². The van der Waals surface area contributed by atoms with Crippen molar-refractivity contribution in [3.8, 4) is 6.07 Å². The lowest BCUT2D eigenvalue weighted by atomic mass is 9.96. The van der Waals surface area contributed by atoms with Crippen LogP contribution < -0.4 is 5.32 Å². The molecule has 0 saturated carbocycles. The predicted molar refractivity (Wildman–Crippen MR) is 98.4 cm³/mol. The number of amides is 1. The number of ether oxygens (including phenoxy) is 1. The second-order valence-corrected chi connectivity index (χ2v) is 7.42. The first kappa shape index (κ1) is 18.4. The number of nitrogens with zero attached hydrogens (tertiary/aromatic N) is 2. The van der Waals surface area contributed by atoms with Gasteiger partial charge in [-0.15, -0.1) is 11.3 Å². The van der Waals surface area contributed by atoms with Gasteiger partial charge < -0.3 is 10.1 Å². The zero-order chi connectivity index (χ0) is 18.7. The Morgan fingerprint density at radius 2 is 2.19 bits per heavy atom. The van der Waals surface area contributed by atoms with Crippen LogP contribution >= 0.6 is 22.9 Å². The first-order valence-electron chi connectivity index (χ1n) is 8.17. The van der Waals surface area contributed by atoms with Crippen molar-refractivity contribution in [2.75, 3.05) is 5.32 Å². The molecule has 6 nitrogen and oxygen atoms in total. The summed E-state index contributed by atoms with van der Waals surface area (Å²) in [5, 5.41) is 12.9. The maximum absolute atomic E-state index is 12.4. The lowest BCUT2D eigenvalue weighted by molar-refractivity contribution is -0.123. The summed E-state index contributed by atoms with van der Waals surface area (Å²) in [4.78, 5) is 29.5. The number of carbonyl (C=O) groups excluding carboxylic acids is 2. The smallest absolute Gasteiger partial charge is 0.339 e. The Morgan fingerprint density at radius 3 is 2.92 bits per heavy atom. The lowest BCUT2D eigenvalue weighted by Gasteiger charge is -2.13. The first-order valence-corrected chi connectivity index (χ1v) is 9.37. The number of aromatic nitrogens is 1. The van der Waals surface area contributed by atoms with Crippen molar-refractivity contribution < 1.29 is 14.3 Å². The molecule has 0 radical (unpaired) electrons. The summed E-state index contributed by atoms with van der Waals surface area (Å²) < 4.78 is 5.19. The van der Waals surface area contributed by atoms with E-state index >= 15 is 0 Å². The molecular formula is C18H16ClN3O3S. The number of halogens is 1. The van der Waals surface area contributed by atoms with Crippen LogP contribution in [0.3, 0.4) is 0 Å². The molecule has 1 unspecified atom stereocenters. The van der Waals surface area contributed by atoms with Crippen molar-refractivity contribution in [1.82, 2.24) is 4.98 Å². The van der Waals surface area contributed by atoms with Crippen molar-refractivity contribution in [3.63, 3.8) is 0 Å². The summed E-state index contributed by atoms with van der Waals surface area (Å²) in [6.45, 7) is 1.48. The first-order chi connectivity index (χ1) is 12.5. The van der Waals surface area contributed by atoms with Gasteiger partial charge in [-0.2, -0.15) is 5.26 Å². The van der Waals surface area contributed by atoms with Gasteiger partial charge in [0.1, 0.15) is 16.2 Å². The van der Waals surface area contributed by atoms with Crippen molar-refractivity contribution in [1.29, 1.82) is 5.26 Å². The molecule has 8 heteroatoms. The van der Waals surface area contributed by atoms with E-state index < -0.39 is 18.0 Å². The van der Waals surface area contributed by atoms with Gasteiger partial charge in [0.05, 0.1) is 11.1 Å². The molecule has 2 heterocycles. The number of nitrogens with one attached hydrogen (secondary N) is 1. The Hall–Kier alpha value is -2.43.